The fourth-order valence-electron chi connectivity index (χ4n) is 2.99. The summed E-state index contributed by atoms with van der Waals surface area (Å²) in [6, 6.07) is 12.0. The Kier molecular flexibility index (Phi) is 3.37. The first-order chi connectivity index (χ1) is 11.6. The van der Waals surface area contributed by atoms with Crippen LogP contribution in [-0.2, 0) is 4.79 Å². The Bertz CT molecular complexity index is 901. The number of fused-ring (bicyclic) bond motifs is 1. The molecular formula is C18H13F2N3O. The molecule has 2 aromatic carbocycles. The highest BCUT2D eigenvalue weighted by atomic mass is 19.1. The number of carbonyl (C=O) groups is 1. The van der Waals surface area contributed by atoms with Gasteiger partial charge in [0.1, 0.15) is 17.5 Å². The maximum Gasteiger partial charge on any atom is 0.226 e. The Balaban J connectivity index is 1.80. The quantitative estimate of drug-likeness (QED) is 0.782. The molecule has 4 nitrogen and oxygen atoms in total. The molecule has 0 fully saturated rings. The van der Waals surface area contributed by atoms with Gasteiger partial charge in [-0.05, 0) is 42.0 Å². The van der Waals surface area contributed by atoms with Gasteiger partial charge in [-0.15, -0.1) is 0 Å². The third kappa shape index (κ3) is 2.46. The number of hydrogen-bond acceptors (Lipinski definition) is 2. The molecule has 2 heterocycles. The average molecular weight is 325 g/mol. The van der Waals surface area contributed by atoms with Crippen molar-refractivity contribution in [3.63, 3.8) is 0 Å². The zero-order valence-corrected chi connectivity index (χ0v) is 12.5. The van der Waals surface area contributed by atoms with Gasteiger partial charge in [0, 0.05) is 17.9 Å². The zero-order valence-electron chi connectivity index (χ0n) is 12.5. The second-order valence-corrected chi connectivity index (χ2v) is 5.69. The Morgan fingerprint density at radius 2 is 1.62 bits per heavy atom. The molecule has 6 heteroatoms. The maximum absolute atomic E-state index is 13.2. The van der Waals surface area contributed by atoms with Gasteiger partial charge >= 0.3 is 0 Å². The molecule has 1 aromatic heterocycles. The minimum Gasteiger partial charge on any atom is -0.310 e. The lowest BCUT2D eigenvalue weighted by atomic mass is 9.87. The number of carbonyl (C=O) groups excluding carboxylic acids is 1. The van der Waals surface area contributed by atoms with E-state index in [1.54, 1.807) is 35.1 Å². The third-order valence-corrected chi connectivity index (χ3v) is 4.16. The highest BCUT2D eigenvalue weighted by Crippen LogP contribution is 2.37. The van der Waals surface area contributed by atoms with Gasteiger partial charge in [0.05, 0.1) is 11.9 Å². The van der Waals surface area contributed by atoms with Crippen molar-refractivity contribution in [3.8, 4) is 5.69 Å². The van der Waals surface area contributed by atoms with Gasteiger partial charge in [-0.2, -0.15) is 5.10 Å². The lowest BCUT2D eigenvalue weighted by molar-refractivity contribution is -0.116. The number of amides is 1. The summed E-state index contributed by atoms with van der Waals surface area (Å²) in [7, 11) is 0. The first-order valence-electron chi connectivity index (χ1n) is 7.51. The summed E-state index contributed by atoms with van der Waals surface area (Å²) in [5.74, 6) is -0.425. The van der Waals surface area contributed by atoms with E-state index in [2.05, 4.69) is 10.4 Å². The monoisotopic (exact) mass is 325 g/mol. The molecule has 1 aliphatic heterocycles. The van der Waals surface area contributed by atoms with Crippen molar-refractivity contribution in [3.05, 3.63) is 77.5 Å². The minimum atomic E-state index is -0.340. The second kappa shape index (κ2) is 5.56. The van der Waals surface area contributed by atoms with E-state index >= 15 is 0 Å². The molecule has 24 heavy (non-hydrogen) atoms. The van der Waals surface area contributed by atoms with Crippen LogP contribution in [0.2, 0.25) is 0 Å². The number of benzene rings is 2. The van der Waals surface area contributed by atoms with Gasteiger partial charge in [-0.25, -0.2) is 13.5 Å². The molecule has 1 amide bonds. The molecule has 0 spiro atoms. The average Bonchev–Trinajstić information content (AvgIpc) is 2.99. The predicted octanol–water partition coefficient (Wildman–Crippen LogP) is 3.62. The Hall–Kier alpha value is -3.02. The van der Waals surface area contributed by atoms with Crippen molar-refractivity contribution in [1.82, 2.24) is 9.78 Å². The Morgan fingerprint density at radius 1 is 1.00 bits per heavy atom. The summed E-state index contributed by atoms with van der Waals surface area (Å²) in [6.07, 6.45) is 1.96. The van der Waals surface area contributed by atoms with Crippen LogP contribution in [-0.4, -0.2) is 15.7 Å². The summed E-state index contributed by atoms with van der Waals surface area (Å²) in [5, 5.41) is 7.16. The molecule has 0 saturated carbocycles. The van der Waals surface area contributed by atoms with Crippen LogP contribution in [0.1, 0.15) is 23.5 Å². The number of nitrogens with one attached hydrogen (secondary N) is 1. The molecule has 0 bridgehead atoms. The number of hydrogen-bond donors (Lipinski definition) is 1. The highest BCUT2D eigenvalue weighted by Gasteiger charge is 2.30. The van der Waals surface area contributed by atoms with E-state index in [0.29, 0.717) is 11.5 Å². The van der Waals surface area contributed by atoms with E-state index < -0.39 is 0 Å². The van der Waals surface area contributed by atoms with E-state index in [1.165, 1.54) is 24.3 Å². The van der Waals surface area contributed by atoms with Crippen molar-refractivity contribution in [2.45, 2.75) is 12.3 Å². The fraction of sp³-hybridized carbons (Fsp3) is 0.111. The summed E-state index contributed by atoms with van der Waals surface area (Å²) in [6.45, 7) is 0. The molecule has 1 atom stereocenters. The standard InChI is InChI=1S/C18H13F2N3O/c19-12-3-1-11(2-4-12)15-9-17(24)22-18-16(15)10-21-23(18)14-7-5-13(20)6-8-14/h1-8,10,15H,9H2,(H,22,24)/t15-/m0/s1. The van der Waals surface area contributed by atoms with Crippen LogP contribution >= 0.6 is 0 Å². The van der Waals surface area contributed by atoms with Crippen molar-refractivity contribution in [2.75, 3.05) is 5.32 Å². The summed E-state index contributed by atoms with van der Waals surface area (Å²) in [5.41, 5.74) is 2.36. The molecule has 0 aliphatic carbocycles. The smallest absolute Gasteiger partial charge is 0.226 e. The normalized spacial score (nSPS) is 16.6. The van der Waals surface area contributed by atoms with Gasteiger partial charge in [-0.1, -0.05) is 12.1 Å². The van der Waals surface area contributed by atoms with Crippen LogP contribution < -0.4 is 5.32 Å². The highest BCUT2D eigenvalue weighted by molar-refractivity contribution is 5.94. The van der Waals surface area contributed by atoms with Crippen molar-refractivity contribution in [2.24, 2.45) is 0 Å². The van der Waals surface area contributed by atoms with Crippen LogP contribution in [0.25, 0.3) is 5.69 Å². The molecule has 120 valence electrons. The molecule has 0 saturated heterocycles. The summed E-state index contributed by atoms with van der Waals surface area (Å²) in [4.78, 5) is 12.1. The number of halogens is 2. The minimum absolute atomic E-state index is 0.138. The molecule has 0 unspecified atom stereocenters. The topological polar surface area (TPSA) is 46.9 Å². The van der Waals surface area contributed by atoms with Crippen LogP contribution in [0.3, 0.4) is 0 Å². The van der Waals surface area contributed by atoms with Gasteiger partial charge in [0.15, 0.2) is 0 Å². The maximum atomic E-state index is 13.2. The number of nitrogens with zero attached hydrogens (tertiary/aromatic N) is 2. The lowest BCUT2D eigenvalue weighted by Gasteiger charge is -2.23. The molecule has 1 aliphatic rings. The van der Waals surface area contributed by atoms with E-state index in [0.717, 1.165) is 11.1 Å². The summed E-state index contributed by atoms with van der Waals surface area (Å²) >= 11 is 0. The first-order valence-corrected chi connectivity index (χ1v) is 7.51. The first kappa shape index (κ1) is 14.6. The van der Waals surface area contributed by atoms with Crippen molar-refractivity contribution in [1.29, 1.82) is 0 Å². The molecular weight excluding hydrogens is 312 g/mol. The van der Waals surface area contributed by atoms with Crippen LogP contribution in [0.4, 0.5) is 14.6 Å². The third-order valence-electron chi connectivity index (χ3n) is 4.16. The van der Waals surface area contributed by atoms with Gasteiger partial charge in [-0.3, -0.25) is 4.79 Å². The van der Waals surface area contributed by atoms with Crippen molar-refractivity contribution < 1.29 is 13.6 Å². The van der Waals surface area contributed by atoms with Crippen molar-refractivity contribution >= 4 is 11.7 Å². The number of aromatic nitrogens is 2. The van der Waals surface area contributed by atoms with Crippen LogP contribution in [0.15, 0.2) is 54.7 Å². The van der Waals surface area contributed by atoms with Crippen LogP contribution in [0, 0.1) is 11.6 Å². The largest absolute Gasteiger partial charge is 0.310 e. The van der Waals surface area contributed by atoms with Gasteiger partial charge in [0.25, 0.3) is 0 Å². The zero-order chi connectivity index (χ0) is 16.7. The SMILES string of the molecule is O=C1C[C@@H](c2ccc(F)cc2)c2cnn(-c3ccc(F)cc3)c2N1. The number of rotatable bonds is 2. The molecule has 4 rings (SSSR count). The second-order valence-electron chi connectivity index (χ2n) is 5.69. The Morgan fingerprint density at radius 3 is 2.29 bits per heavy atom. The van der Waals surface area contributed by atoms with E-state index in [-0.39, 0.29) is 29.9 Å². The molecule has 1 N–H and O–H groups in total. The fourth-order valence-corrected chi connectivity index (χ4v) is 2.99. The van der Waals surface area contributed by atoms with Gasteiger partial charge in [0.2, 0.25) is 5.91 Å². The Labute approximate surface area is 136 Å². The number of anilines is 1. The van der Waals surface area contributed by atoms with Gasteiger partial charge < -0.3 is 5.32 Å². The summed E-state index contributed by atoms with van der Waals surface area (Å²) < 4.78 is 27.8. The molecule has 3 aromatic rings. The predicted molar refractivity (Wildman–Crippen MR) is 85.0 cm³/mol. The van der Waals surface area contributed by atoms with E-state index in [9.17, 15) is 13.6 Å². The van der Waals surface area contributed by atoms with Crippen LogP contribution in [0.5, 0.6) is 0 Å². The van der Waals surface area contributed by atoms with E-state index in [1.807, 2.05) is 0 Å². The van der Waals surface area contributed by atoms with E-state index in [4.69, 9.17) is 0 Å². The molecule has 0 radical (unpaired) electrons. The lowest BCUT2D eigenvalue weighted by Crippen LogP contribution is -2.24.